The van der Waals surface area contributed by atoms with Crippen LogP contribution in [0.3, 0.4) is 0 Å². The highest BCUT2D eigenvalue weighted by Crippen LogP contribution is 2.32. The lowest BCUT2D eigenvalue weighted by molar-refractivity contribution is 0.0942. The lowest BCUT2D eigenvalue weighted by Crippen LogP contribution is -2.25. The predicted octanol–water partition coefficient (Wildman–Crippen LogP) is 7.29. The summed E-state index contributed by atoms with van der Waals surface area (Å²) in [5.74, 6) is -3.27. The van der Waals surface area contributed by atoms with Gasteiger partial charge in [-0.25, -0.2) is 37.5 Å². The molecule has 10 rings (SSSR count). The number of methoxy groups -OCH3 is 1. The summed E-state index contributed by atoms with van der Waals surface area (Å²) in [5, 5.41) is 21.2. The molecule has 4 aromatic heterocycles. The van der Waals surface area contributed by atoms with Crippen LogP contribution in [-0.2, 0) is 4.74 Å². The van der Waals surface area contributed by atoms with Crippen molar-refractivity contribution in [2.75, 3.05) is 44.0 Å². The molecule has 0 atom stereocenters. The Morgan fingerprint density at radius 2 is 1.08 bits per heavy atom. The second-order valence-electron chi connectivity index (χ2n) is 15.6. The van der Waals surface area contributed by atoms with Gasteiger partial charge >= 0.3 is 0 Å². The van der Waals surface area contributed by atoms with Crippen LogP contribution in [0.5, 0.6) is 0 Å². The standard InChI is InChI=1S/2C23H21F2N5O2/c1-32-9-8-26-21-22-27-12-20(30(22)19-11-17(25)16(24)10-18(19)29-21)13-2-4-14(5-3-13)23(31)28-15-6-7-15;24-16-10-18-19(11-17(16)25)30-20(12-27-22(30)21(29-18)26-8-1-9-31)13-2-4-14(5-3-13)23(32)28-15-6-7-15/h2-5,10-12,15H,6-9H2,1H3,(H,26,29)(H,28,31);2-5,10-12,15,31H,1,6-9H2,(H,26,29)(H,28,32). The van der Waals surface area contributed by atoms with Crippen molar-refractivity contribution in [3.8, 4) is 22.5 Å². The van der Waals surface area contributed by atoms with Crippen LogP contribution >= 0.6 is 0 Å². The molecule has 8 aromatic rings. The number of rotatable bonds is 14. The van der Waals surface area contributed by atoms with Gasteiger partial charge < -0.3 is 31.1 Å². The Kier molecular flexibility index (Phi) is 11.8. The van der Waals surface area contributed by atoms with Gasteiger partial charge in [-0.1, -0.05) is 24.3 Å². The summed E-state index contributed by atoms with van der Waals surface area (Å²) in [4.78, 5) is 42.4. The number of hydrogen-bond acceptors (Lipinski definition) is 10. The van der Waals surface area contributed by atoms with Crippen molar-refractivity contribution in [3.63, 3.8) is 0 Å². The molecule has 2 amide bonds. The van der Waals surface area contributed by atoms with Gasteiger partial charge in [0.05, 0.1) is 52.5 Å². The Hall–Kier alpha value is -7.18. The minimum Gasteiger partial charge on any atom is -0.396 e. The fraction of sp³-hybridized carbons (Fsp3) is 0.261. The van der Waals surface area contributed by atoms with Gasteiger partial charge in [-0.15, -0.1) is 0 Å². The monoisotopic (exact) mass is 874 g/mol. The molecule has 2 aliphatic carbocycles. The Morgan fingerprint density at radius 3 is 1.48 bits per heavy atom. The van der Waals surface area contributed by atoms with E-state index in [4.69, 9.17) is 9.84 Å². The van der Waals surface area contributed by atoms with Crippen molar-refractivity contribution in [2.45, 2.75) is 44.2 Å². The van der Waals surface area contributed by atoms with Crippen molar-refractivity contribution in [1.29, 1.82) is 0 Å². The second-order valence-corrected chi connectivity index (χ2v) is 15.6. The number of anilines is 2. The number of aromatic nitrogens is 6. The zero-order chi connectivity index (χ0) is 44.5. The molecular weight excluding hydrogens is 833 g/mol. The summed E-state index contributed by atoms with van der Waals surface area (Å²) in [5.41, 5.74) is 6.22. The summed E-state index contributed by atoms with van der Waals surface area (Å²) in [6.45, 7) is 1.38. The number of nitrogens with zero attached hydrogens (tertiary/aromatic N) is 6. The Labute approximate surface area is 362 Å². The van der Waals surface area contributed by atoms with Gasteiger partial charge in [-0.3, -0.25) is 18.4 Å². The first-order chi connectivity index (χ1) is 31.1. The fourth-order valence-corrected chi connectivity index (χ4v) is 7.23. The van der Waals surface area contributed by atoms with E-state index in [9.17, 15) is 27.2 Å². The summed E-state index contributed by atoms with van der Waals surface area (Å²) in [7, 11) is 1.59. The van der Waals surface area contributed by atoms with Crippen LogP contribution in [0, 0.1) is 23.3 Å². The Balaban J connectivity index is 0.000000162. The van der Waals surface area contributed by atoms with Gasteiger partial charge in [-0.2, -0.15) is 0 Å². The highest BCUT2D eigenvalue weighted by atomic mass is 19.2. The van der Waals surface area contributed by atoms with Gasteiger partial charge in [0.2, 0.25) is 0 Å². The van der Waals surface area contributed by atoms with Crippen LogP contribution in [0.2, 0.25) is 0 Å². The quantitative estimate of drug-likeness (QED) is 0.0552. The summed E-state index contributed by atoms with van der Waals surface area (Å²) in [6.07, 6.45) is 7.85. The Bertz CT molecular complexity index is 2840. The number of imidazole rings is 2. The zero-order valence-corrected chi connectivity index (χ0v) is 34.5. The maximum Gasteiger partial charge on any atom is 0.251 e. The number of aliphatic hydroxyl groups excluding tert-OH is 1. The lowest BCUT2D eigenvalue weighted by Gasteiger charge is -2.12. The van der Waals surface area contributed by atoms with E-state index in [1.807, 2.05) is 12.1 Å². The average Bonchev–Trinajstić information content (AvgIpc) is 4.21. The smallest absolute Gasteiger partial charge is 0.251 e. The first-order valence-corrected chi connectivity index (χ1v) is 20.8. The topological polar surface area (TPSA) is 172 Å². The number of nitrogens with one attached hydrogen (secondary N) is 4. The van der Waals surface area contributed by atoms with E-state index in [2.05, 4.69) is 41.2 Å². The molecule has 4 heterocycles. The number of aliphatic hydroxyl groups is 1. The molecule has 14 nitrogen and oxygen atoms in total. The molecule has 328 valence electrons. The van der Waals surface area contributed by atoms with Gasteiger partial charge in [0.1, 0.15) is 0 Å². The molecule has 4 aromatic carbocycles. The third-order valence-corrected chi connectivity index (χ3v) is 10.9. The normalized spacial score (nSPS) is 13.6. The highest BCUT2D eigenvalue weighted by Gasteiger charge is 2.25. The SMILES string of the molecule is COCCNc1nc2cc(F)c(F)cc2n2c(-c3ccc(C(=O)NC4CC4)cc3)cnc12.O=C(NC1CC1)c1ccc(-c2cnc3c(NCCCO)nc4cc(F)c(F)cc4n23)cc1. The van der Waals surface area contributed by atoms with E-state index in [0.29, 0.717) is 82.6 Å². The molecule has 5 N–H and O–H groups in total. The molecule has 0 spiro atoms. The molecule has 0 saturated heterocycles. The van der Waals surface area contributed by atoms with Gasteiger partial charge in [0, 0.05) is 85.4 Å². The van der Waals surface area contributed by atoms with E-state index in [1.165, 1.54) is 0 Å². The van der Waals surface area contributed by atoms with Gasteiger partial charge in [-0.05, 0) is 56.4 Å². The van der Waals surface area contributed by atoms with Gasteiger partial charge in [0.15, 0.2) is 46.2 Å². The number of carbonyl (C=O) groups excluding carboxylic acids is 2. The summed E-state index contributed by atoms with van der Waals surface area (Å²) < 4.78 is 64.6. The first kappa shape index (κ1) is 42.1. The van der Waals surface area contributed by atoms with Crippen molar-refractivity contribution in [3.05, 3.63) is 120 Å². The molecule has 0 aliphatic heterocycles. The third-order valence-electron chi connectivity index (χ3n) is 10.9. The summed E-state index contributed by atoms with van der Waals surface area (Å²) in [6, 6.07) is 19.1. The fourth-order valence-electron chi connectivity index (χ4n) is 7.23. The van der Waals surface area contributed by atoms with Crippen molar-refractivity contribution in [2.24, 2.45) is 0 Å². The van der Waals surface area contributed by atoms with E-state index in [-0.39, 0.29) is 41.5 Å². The Morgan fingerprint density at radius 1 is 0.656 bits per heavy atom. The third kappa shape index (κ3) is 8.74. The van der Waals surface area contributed by atoms with Crippen molar-refractivity contribution in [1.82, 2.24) is 39.4 Å². The molecule has 64 heavy (non-hydrogen) atoms. The second kappa shape index (κ2) is 17.9. The molecule has 18 heteroatoms. The maximum absolute atomic E-state index is 14.1. The van der Waals surface area contributed by atoms with Crippen LogP contribution in [-0.4, -0.2) is 91.2 Å². The van der Waals surface area contributed by atoms with E-state index in [1.54, 1.807) is 64.7 Å². The van der Waals surface area contributed by atoms with E-state index >= 15 is 0 Å². The van der Waals surface area contributed by atoms with E-state index < -0.39 is 23.3 Å². The average molecular weight is 875 g/mol. The minimum absolute atomic E-state index is 0.0110. The number of fused-ring (bicyclic) bond motifs is 6. The number of hydrogen-bond donors (Lipinski definition) is 5. The molecule has 0 bridgehead atoms. The highest BCUT2D eigenvalue weighted by molar-refractivity contribution is 5.96. The zero-order valence-electron chi connectivity index (χ0n) is 34.5. The van der Waals surface area contributed by atoms with Crippen LogP contribution in [0.4, 0.5) is 29.2 Å². The predicted molar refractivity (Wildman–Crippen MR) is 233 cm³/mol. The first-order valence-electron chi connectivity index (χ1n) is 20.8. The number of halogens is 4. The van der Waals surface area contributed by atoms with Crippen molar-refractivity contribution >= 4 is 56.8 Å². The van der Waals surface area contributed by atoms with Crippen molar-refractivity contribution < 1.29 is 37.0 Å². The lowest BCUT2D eigenvalue weighted by atomic mass is 10.1. The largest absolute Gasteiger partial charge is 0.396 e. The van der Waals surface area contributed by atoms with Crippen LogP contribution in [0.25, 0.3) is 55.9 Å². The molecule has 0 unspecified atom stereocenters. The summed E-state index contributed by atoms with van der Waals surface area (Å²) >= 11 is 0. The number of amides is 2. The minimum atomic E-state index is -0.988. The van der Waals surface area contributed by atoms with Gasteiger partial charge in [0.25, 0.3) is 11.8 Å². The maximum atomic E-state index is 14.1. The van der Waals surface area contributed by atoms with E-state index in [0.717, 1.165) is 61.1 Å². The molecule has 2 aliphatic rings. The number of ether oxygens (including phenoxy) is 1. The number of carbonyl (C=O) groups is 2. The molecular formula is C46H42F4N10O4. The number of benzene rings is 4. The van der Waals surface area contributed by atoms with Crippen LogP contribution < -0.4 is 21.3 Å². The molecule has 0 radical (unpaired) electrons. The molecule has 2 saturated carbocycles. The van der Waals surface area contributed by atoms with Crippen LogP contribution in [0.15, 0.2) is 85.2 Å². The van der Waals surface area contributed by atoms with Crippen LogP contribution in [0.1, 0.15) is 52.8 Å². The molecule has 2 fully saturated rings.